The molecule has 4 heteroatoms. The number of nitrogens with one attached hydrogen (secondary N) is 1. The minimum Gasteiger partial charge on any atom is -0.452 e. The standard InChI is InChI=1S/C12H11N3O/c13-7-10-12-9(14-15-10)6-11(16-12)8-4-2-1-3-5-8/h1-6H,7,13H2,(H,14,15). The maximum Gasteiger partial charge on any atom is 0.177 e. The van der Waals surface area contributed by atoms with E-state index in [1.54, 1.807) is 0 Å². The minimum atomic E-state index is 0.401. The van der Waals surface area contributed by atoms with Crippen molar-refractivity contribution in [2.24, 2.45) is 5.73 Å². The largest absolute Gasteiger partial charge is 0.452 e. The first kappa shape index (κ1) is 9.18. The average molecular weight is 213 g/mol. The van der Waals surface area contributed by atoms with Gasteiger partial charge in [0.25, 0.3) is 0 Å². The Bertz CT molecular complexity index is 610. The molecule has 0 atom stereocenters. The molecule has 80 valence electrons. The Morgan fingerprint density at radius 2 is 2.06 bits per heavy atom. The molecular formula is C12H11N3O. The van der Waals surface area contributed by atoms with Gasteiger partial charge >= 0.3 is 0 Å². The van der Waals surface area contributed by atoms with Gasteiger partial charge in [0.2, 0.25) is 0 Å². The number of aromatic amines is 1. The van der Waals surface area contributed by atoms with Gasteiger partial charge in [0.1, 0.15) is 11.3 Å². The van der Waals surface area contributed by atoms with Gasteiger partial charge in [0.05, 0.1) is 5.69 Å². The summed E-state index contributed by atoms with van der Waals surface area (Å²) >= 11 is 0. The maximum absolute atomic E-state index is 5.74. The highest BCUT2D eigenvalue weighted by molar-refractivity contribution is 5.81. The van der Waals surface area contributed by atoms with Crippen LogP contribution in [0.5, 0.6) is 0 Å². The summed E-state index contributed by atoms with van der Waals surface area (Å²) in [5.74, 6) is 0.821. The fourth-order valence-electron chi connectivity index (χ4n) is 1.74. The van der Waals surface area contributed by atoms with E-state index in [9.17, 15) is 0 Å². The molecule has 0 aliphatic carbocycles. The topological polar surface area (TPSA) is 67.8 Å². The molecular weight excluding hydrogens is 202 g/mol. The fourth-order valence-corrected chi connectivity index (χ4v) is 1.74. The van der Waals surface area contributed by atoms with E-state index < -0.39 is 0 Å². The summed E-state index contributed by atoms with van der Waals surface area (Å²) in [6.45, 7) is 0.401. The summed E-state index contributed by atoms with van der Waals surface area (Å²) in [4.78, 5) is 0. The molecule has 0 spiro atoms. The highest BCUT2D eigenvalue weighted by Crippen LogP contribution is 2.27. The summed E-state index contributed by atoms with van der Waals surface area (Å²) in [5, 5.41) is 6.99. The lowest BCUT2D eigenvalue weighted by molar-refractivity contribution is 0.625. The van der Waals surface area contributed by atoms with Crippen LogP contribution >= 0.6 is 0 Å². The zero-order chi connectivity index (χ0) is 11.0. The van der Waals surface area contributed by atoms with Crippen LogP contribution in [0.3, 0.4) is 0 Å². The Balaban J connectivity index is 2.16. The second-order valence-corrected chi connectivity index (χ2v) is 3.60. The van der Waals surface area contributed by atoms with Crippen LogP contribution in [0.1, 0.15) is 5.69 Å². The third-order valence-electron chi connectivity index (χ3n) is 2.56. The van der Waals surface area contributed by atoms with Crippen molar-refractivity contribution in [3.8, 4) is 11.3 Å². The zero-order valence-corrected chi connectivity index (χ0v) is 8.60. The van der Waals surface area contributed by atoms with Crippen LogP contribution in [0.15, 0.2) is 40.8 Å². The average Bonchev–Trinajstić information content (AvgIpc) is 2.89. The van der Waals surface area contributed by atoms with E-state index in [4.69, 9.17) is 10.2 Å². The van der Waals surface area contributed by atoms with Crippen molar-refractivity contribution >= 4 is 11.1 Å². The minimum absolute atomic E-state index is 0.401. The number of aromatic nitrogens is 2. The van der Waals surface area contributed by atoms with Crippen LogP contribution in [0, 0.1) is 0 Å². The van der Waals surface area contributed by atoms with Crippen LogP contribution in [-0.4, -0.2) is 10.2 Å². The summed E-state index contributed by atoms with van der Waals surface area (Å²) in [6, 6.07) is 11.9. The lowest BCUT2D eigenvalue weighted by Crippen LogP contribution is -1.96. The fraction of sp³-hybridized carbons (Fsp3) is 0.0833. The van der Waals surface area contributed by atoms with Gasteiger partial charge in [-0.1, -0.05) is 30.3 Å². The van der Waals surface area contributed by atoms with Gasteiger partial charge in [-0.2, -0.15) is 5.10 Å². The highest BCUT2D eigenvalue weighted by Gasteiger charge is 2.11. The Hall–Kier alpha value is -2.07. The number of furan rings is 1. The van der Waals surface area contributed by atoms with Gasteiger partial charge in [-0.15, -0.1) is 0 Å². The molecule has 3 N–H and O–H groups in total. The van der Waals surface area contributed by atoms with Crippen molar-refractivity contribution in [1.82, 2.24) is 10.2 Å². The molecule has 16 heavy (non-hydrogen) atoms. The van der Waals surface area contributed by atoms with Crippen LogP contribution < -0.4 is 5.73 Å². The molecule has 0 unspecified atom stereocenters. The second-order valence-electron chi connectivity index (χ2n) is 3.60. The number of fused-ring (bicyclic) bond motifs is 1. The van der Waals surface area contributed by atoms with Crippen LogP contribution in [0.4, 0.5) is 0 Å². The number of nitrogens with zero attached hydrogens (tertiary/aromatic N) is 1. The number of hydrogen-bond acceptors (Lipinski definition) is 3. The van der Waals surface area contributed by atoms with E-state index in [-0.39, 0.29) is 0 Å². The molecule has 0 fully saturated rings. The van der Waals surface area contributed by atoms with E-state index >= 15 is 0 Å². The van der Waals surface area contributed by atoms with Gasteiger partial charge in [0, 0.05) is 18.2 Å². The van der Waals surface area contributed by atoms with E-state index in [1.165, 1.54) is 0 Å². The Kier molecular flexibility index (Phi) is 2.01. The smallest absolute Gasteiger partial charge is 0.177 e. The lowest BCUT2D eigenvalue weighted by Gasteiger charge is -1.94. The third-order valence-corrected chi connectivity index (χ3v) is 2.56. The number of rotatable bonds is 2. The first-order chi connectivity index (χ1) is 7.88. The molecule has 1 aromatic carbocycles. The molecule has 0 aliphatic rings. The van der Waals surface area contributed by atoms with Gasteiger partial charge in [-0.05, 0) is 0 Å². The summed E-state index contributed by atoms with van der Waals surface area (Å²) in [6.07, 6.45) is 0. The Labute approximate surface area is 92.1 Å². The maximum atomic E-state index is 5.74. The first-order valence-corrected chi connectivity index (χ1v) is 5.11. The third kappa shape index (κ3) is 1.31. The Morgan fingerprint density at radius 1 is 1.25 bits per heavy atom. The zero-order valence-electron chi connectivity index (χ0n) is 8.60. The molecule has 0 saturated carbocycles. The number of H-pyrrole nitrogens is 1. The molecule has 3 rings (SSSR count). The molecule has 4 nitrogen and oxygen atoms in total. The van der Waals surface area contributed by atoms with Crippen LogP contribution in [-0.2, 0) is 6.54 Å². The first-order valence-electron chi connectivity index (χ1n) is 5.11. The van der Waals surface area contributed by atoms with Gasteiger partial charge in [-0.25, -0.2) is 0 Å². The molecule has 0 saturated heterocycles. The molecule has 0 amide bonds. The van der Waals surface area contributed by atoms with Crippen molar-refractivity contribution in [1.29, 1.82) is 0 Å². The summed E-state index contributed by atoms with van der Waals surface area (Å²) in [7, 11) is 0. The monoisotopic (exact) mass is 213 g/mol. The van der Waals surface area contributed by atoms with Gasteiger partial charge < -0.3 is 10.2 Å². The van der Waals surface area contributed by atoms with E-state index in [0.29, 0.717) is 6.54 Å². The van der Waals surface area contributed by atoms with Gasteiger partial charge in [0.15, 0.2) is 5.58 Å². The predicted octanol–water partition coefficient (Wildman–Crippen LogP) is 2.28. The van der Waals surface area contributed by atoms with E-state index in [2.05, 4.69) is 10.2 Å². The molecule has 0 radical (unpaired) electrons. The lowest BCUT2D eigenvalue weighted by atomic mass is 10.2. The summed E-state index contributed by atoms with van der Waals surface area (Å²) in [5.41, 5.74) is 9.02. The molecule has 2 heterocycles. The van der Waals surface area contributed by atoms with Crippen molar-refractivity contribution < 1.29 is 4.42 Å². The van der Waals surface area contributed by atoms with Crippen LogP contribution in [0.25, 0.3) is 22.4 Å². The van der Waals surface area contributed by atoms with Crippen LogP contribution in [0.2, 0.25) is 0 Å². The van der Waals surface area contributed by atoms with E-state index in [1.807, 2.05) is 36.4 Å². The van der Waals surface area contributed by atoms with Crippen molar-refractivity contribution in [2.45, 2.75) is 6.54 Å². The molecule has 0 bridgehead atoms. The Morgan fingerprint density at radius 3 is 2.81 bits per heavy atom. The SMILES string of the molecule is NCc1[nH]nc2cc(-c3ccccc3)oc12. The van der Waals surface area contributed by atoms with Crippen molar-refractivity contribution in [3.63, 3.8) is 0 Å². The highest BCUT2D eigenvalue weighted by atomic mass is 16.3. The molecule has 2 aromatic heterocycles. The molecule has 0 aliphatic heterocycles. The van der Waals surface area contributed by atoms with Crippen molar-refractivity contribution in [3.05, 3.63) is 42.1 Å². The summed E-state index contributed by atoms with van der Waals surface area (Å²) < 4.78 is 5.74. The number of benzene rings is 1. The van der Waals surface area contributed by atoms with E-state index in [0.717, 1.165) is 28.1 Å². The number of hydrogen-bond donors (Lipinski definition) is 2. The number of nitrogens with two attached hydrogens (primary N) is 1. The second kappa shape index (κ2) is 3.50. The van der Waals surface area contributed by atoms with Crippen molar-refractivity contribution in [2.75, 3.05) is 0 Å². The molecule has 3 aromatic rings. The predicted molar refractivity (Wildman–Crippen MR) is 61.7 cm³/mol. The quantitative estimate of drug-likeness (QED) is 0.686. The van der Waals surface area contributed by atoms with Gasteiger partial charge in [-0.3, -0.25) is 5.10 Å². The normalized spacial score (nSPS) is 11.1.